The van der Waals surface area contributed by atoms with E-state index in [1.807, 2.05) is 24.3 Å². The SMILES string of the molecule is CC1(C)CCCNC1C(=O)OCc1cccc(Br)c1. The van der Waals surface area contributed by atoms with Crippen LogP contribution in [0.3, 0.4) is 0 Å². The fraction of sp³-hybridized carbons (Fsp3) is 0.533. The van der Waals surface area contributed by atoms with Gasteiger partial charge in [-0.2, -0.15) is 0 Å². The predicted octanol–water partition coefficient (Wildman–Crippen LogP) is 3.27. The number of esters is 1. The van der Waals surface area contributed by atoms with Crippen LogP contribution < -0.4 is 5.32 Å². The van der Waals surface area contributed by atoms with E-state index in [4.69, 9.17) is 4.74 Å². The van der Waals surface area contributed by atoms with E-state index in [0.29, 0.717) is 6.61 Å². The lowest BCUT2D eigenvalue weighted by molar-refractivity contribution is -0.151. The zero-order valence-electron chi connectivity index (χ0n) is 11.4. The quantitative estimate of drug-likeness (QED) is 0.867. The molecule has 19 heavy (non-hydrogen) atoms. The second-order valence-electron chi connectivity index (χ2n) is 5.72. The van der Waals surface area contributed by atoms with Gasteiger partial charge < -0.3 is 10.1 Å². The molecular weight excluding hydrogens is 306 g/mol. The van der Waals surface area contributed by atoms with Crippen molar-refractivity contribution in [3.05, 3.63) is 34.3 Å². The van der Waals surface area contributed by atoms with Crippen LogP contribution in [-0.4, -0.2) is 18.6 Å². The molecule has 1 unspecified atom stereocenters. The molecule has 0 aliphatic carbocycles. The van der Waals surface area contributed by atoms with Gasteiger partial charge in [0, 0.05) is 4.47 Å². The van der Waals surface area contributed by atoms with Crippen LogP contribution >= 0.6 is 15.9 Å². The van der Waals surface area contributed by atoms with E-state index in [1.54, 1.807) is 0 Å². The molecule has 4 heteroatoms. The number of piperidine rings is 1. The second-order valence-corrected chi connectivity index (χ2v) is 6.63. The summed E-state index contributed by atoms with van der Waals surface area (Å²) >= 11 is 3.41. The van der Waals surface area contributed by atoms with E-state index >= 15 is 0 Å². The smallest absolute Gasteiger partial charge is 0.324 e. The predicted molar refractivity (Wildman–Crippen MR) is 78.7 cm³/mol. The molecule has 1 fully saturated rings. The molecule has 1 aliphatic heterocycles. The number of hydrogen-bond acceptors (Lipinski definition) is 3. The van der Waals surface area contributed by atoms with Gasteiger partial charge >= 0.3 is 5.97 Å². The van der Waals surface area contributed by atoms with Gasteiger partial charge in [-0.25, -0.2) is 0 Å². The Morgan fingerprint density at radius 2 is 2.32 bits per heavy atom. The standard InChI is InChI=1S/C15H20BrNO2/c1-15(2)7-4-8-17-13(15)14(18)19-10-11-5-3-6-12(16)9-11/h3,5-6,9,13,17H,4,7-8,10H2,1-2H3. The molecule has 1 N–H and O–H groups in total. The Morgan fingerprint density at radius 1 is 1.53 bits per heavy atom. The number of benzene rings is 1. The number of rotatable bonds is 3. The Morgan fingerprint density at radius 3 is 3.00 bits per heavy atom. The molecule has 104 valence electrons. The molecule has 0 aromatic heterocycles. The molecular formula is C15H20BrNO2. The van der Waals surface area contributed by atoms with Crippen LogP contribution in [0.2, 0.25) is 0 Å². The lowest BCUT2D eigenvalue weighted by Gasteiger charge is -2.37. The Labute approximate surface area is 122 Å². The first-order chi connectivity index (χ1) is 8.99. The fourth-order valence-electron chi connectivity index (χ4n) is 2.48. The highest BCUT2D eigenvalue weighted by molar-refractivity contribution is 9.10. The van der Waals surface area contributed by atoms with E-state index in [0.717, 1.165) is 29.4 Å². The summed E-state index contributed by atoms with van der Waals surface area (Å²) in [6.07, 6.45) is 2.17. The van der Waals surface area contributed by atoms with Gasteiger partial charge in [-0.05, 0) is 42.5 Å². The highest BCUT2D eigenvalue weighted by Crippen LogP contribution is 2.30. The number of nitrogens with one attached hydrogen (secondary N) is 1. The topological polar surface area (TPSA) is 38.3 Å². The zero-order chi connectivity index (χ0) is 13.9. The number of ether oxygens (including phenoxy) is 1. The van der Waals surface area contributed by atoms with Gasteiger partial charge in [0.15, 0.2) is 0 Å². The Hall–Kier alpha value is -0.870. The van der Waals surface area contributed by atoms with Gasteiger partial charge in [-0.15, -0.1) is 0 Å². The van der Waals surface area contributed by atoms with Crippen molar-refractivity contribution in [1.82, 2.24) is 5.32 Å². The van der Waals surface area contributed by atoms with Crippen LogP contribution in [0.1, 0.15) is 32.3 Å². The minimum atomic E-state index is -0.201. The van der Waals surface area contributed by atoms with E-state index < -0.39 is 0 Å². The lowest BCUT2D eigenvalue weighted by atomic mass is 9.77. The minimum absolute atomic E-state index is 0.0351. The molecule has 3 nitrogen and oxygen atoms in total. The molecule has 0 amide bonds. The number of hydrogen-bond donors (Lipinski definition) is 1. The fourth-order valence-corrected chi connectivity index (χ4v) is 2.92. The lowest BCUT2D eigenvalue weighted by Crippen LogP contribution is -2.52. The van der Waals surface area contributed by atoms with Gasteiger partial charge in [0.05, 0.1) is 0 Å². The largest absolute Gasteiger partial charge is 0.460 e. The van der Waals surface area contributed by atoms with E-state index in [1.165, 1.54) is 0 Å². The molecule has 1 heterocycles. The summed E-state index contributed by atoms with van der Waals surface area (Å²) in [6, 6.07) is 7.62. The summed E-state index contributed by atoms with van der Waals surface area (Å²) < 4.78 is 6.43. The van der Waals surface area contributed by atoms with Crippen molar-refractivity contribution in [3.63, 3.8) is 0 Å². The normalized spacial score (nSPS) is 21.9. The van der Waals surface area contributed by atoms with Crippen molar-refractivity contribution in [2.75, 3.05) is 6.54 Å². The van der Waals surface area contributed by atoms with Crippen molar-refractivity contribution in [2.24, 2.45) is 5.41 Å². The Kier molecular flexibility index (Phi) is 4.63. The van der Waals surface area contributed by atoms with Gasteiger partial charge in [-0.3, -0.25) is 4.79 Å². The monoisotopic (exact) mass is 325 g/mol. The molecule has 0 bridgehead atoms. The molecule has 1 atom stereocenters. The van der Waals surface area contributed by atoms with Crippen molar-refractivity contribution in [1.29, 1.82) is 0 Å². The molecule has 1 aromatic carbocycles. The third-order valence-corrected chi connectivity index (χ3v) is 4.13. The van der Waals surface area contributed by atoms with Crippen molar-refractivity contribution >= 4 is 21.9 Å². The minimum Gasteiger partial charge on any atom is -0.460 e. The first-order valence-corrected chi connectivity index (χ1v) is 7.43. The summed E-state index contributed by atoms with van der Waals surface area (Å²) in [7, 11) is 0. The highest BCUT2D eigenvalue weighted by atomic mass is 79.9. The van der Waals surface area contributed by atoms with Gasteiger partial charge in [0.25, 0.3) is 0 Å². The molecule has 0 spiro atoms. The van der Waals surface area contributed by atoms with Crippen LogP contribution in [-0.2, 0) is 16.1 Å². The summed E-state index contributed by atoms with van der Waals surface area (Å²) in [6.45, 7) is 5.45. The maximum atomic E-state index is 12.2. The molecule has 1 aliphatic rings. The maximum Gasteiger partial charge on any atom is 0.324 e. The van der Waals surface area contributed by atoms with Gasteiger partial charge in [0.1, 0.15) is 12.6 Å². The van der Waals surface area contributed by atoms with Crippen LogP contribution in [0.5, 0.6) is 0 Å². The number of carbonyl (C=O) groups is 1. The maximum absolute atomic E-state index is 12.2. The number of halogens is 1. The summed E-state index contributed by atoms with van der Waals surface area (Å²) in [5.74, 6) is -0.148. The molecule has 0 radical (unpaired) electrons. The molecule has 2 rings (SSSR count). The van der Waals surface area contributed by atoms with Crippen LogP contribution in [0, 0.1) is 5.41 Å². The summed E-state index contributed by atoms with van der Waals surface area (Å²) in [4.78, 5) is 12.2. The van der Waals surface area contributed by atoms with Crippen molar-refractivity contribution in [3.8, 4) is 0 Å². The van der Waals surface area contributed by atoms with Gasteiger partial charge in [-0.1, -0.05) is 41.9 Å². The molecule has 0 saturated carbocycles. The highest BCUT2D eigenvalue weighted by Gasteiger charge is 2.38. The summed E-state index contributed by atoms with van der Waals surface area (Å²) in [5.41, 5.74) is 0.961. The molecule has 1 saturated heterocycles. The Balaban J connectivity index is 1.94. The van der Waals surface area contributed by atoms with Crippen LogP contribution in [0.25, 0.3) is 0 Å². The second kappa shape index (κ2) is 6.06. The van der Waals surface area contributed by atoms with Crippen LogP contribution in [0.4, 0.5) is 0 Å². The van der Waals surface area contributed by atoms with E-state index in [-0.39, 0.29) is 17.4 Å². The third kappa shape index (κ3) is 3.80. The Bertz CT molecular complexity index is 459. The molecule has 1 aromatic rings. The first-order valence-electron chi connectivity index (χ1n) is 6.63. The number of carbonyl (C=O) groups excluding carboxylic acids is 1. The van der Waals surface area contributed by atoms with E-state index in [2.05, 4.69) is 35.1 Å². The van der Waals surface area contributed by atoms with Crippen molar-refractivity contribution in [2.45, 2.75) is 39.3 Å². The van der Waals surface area contributed by atoms with Crippen LogP contribution in [0.15, 0.2) is 28.7 Å². The average molecular weight is 326 g/mol. The third-order valence-electron chi connectivity index (χ3n) is 3.63. The van der Waals surface area contributed by atoms with Gasteiger partial charge in [0.2, 0.25) is 0 Å². The summed E-state index contributed by atoms with van der Waals surface area (Å²) in [5, 5.41) is 3.27. The first kappa shape index (κ1) is 14.5. The average Bonchev–Trinajstić information content (AvgIpc) is 2.35. The van der Waals surface area contributed by atoms with E-state index in [9.17, 15) is 4.79 Å². The van der Waals surface area contributed by atoms with Crippen molar-refractivity contribution < 1.29 is 9.53 Å². The zero-order valence-corrected chi connectivity index (χ0v) is 13.0.